The van der Waals surface area contributed by atoms with Crippen LogP contribution in [0.25, 0.3) is 11.3 Å². The molecule has 2 amide bonds. The van der Waals surface area contributed by atoms with Gasteiger partial charge in [-0.1, -0.05) is 42.3 Å². The molecule has 0 spiro atoms. The van der Waals surface area contributed by atoms with Crippen molar-refractivity contribution in [3.8, 4) is 11.3 Å². The van der Waals surface area contributed by atoms with Crippen molar-refractivity contribution in [1.82, 2.24) is 10.2 Å². The van der Waals surface area contributed by atoms with E-state index in [9.17, 15) is 33.0 Å². The van der Waals surface area contributed by atoms with Crippen LogP contribution in [-0.2, 0) is 12.6 Å². The number of fused-ring (bicyclic) bond motifs is 8. The number of benzene rings is 2. The Morgan fingerprint density at radius 3 is 2.33 bits per heavy atom. The van der Waals surface area contributed by atoms with Gasteiger partial charge in [-0.25, -0.2) is 4.79 Å². The standard InChI is InChI=1S/C49H60ClF3N2O5/c1-29(2)54-45(58)55(27-47-24-32-18-33(25-47)20-34(19-32)26-47)28-48(59)17-15-40-37-11-8-31(21-36(56)10-7-30(3)6-5-16-46(40,48)4)22-38(37)44(57)43-14-13-42(60-43)39-23-35(49(51,52)53)9-12-41(39)50/h6,8-9,11-14,22-23,29,32-34,36,40,56,59H,5,7,10,15-21,24-28H2,1-4H3,(H,54,58)/t32?,33?,34?,36-,40-,46-,47?,48+/m0/s1. The number of aliphatic hydroxyl groups is 2. The summed E-state index contributed by atoms with van der Waals surface area (Å²) >= 11 is 6.37. The van der Waals surface area contributed by atoms with Crippen LogP contribution in [0.1, 0.15) is 143 Å². The first-order chi connectivity index (χ1) is 28.3. The summed E-state index contributed by atoms with van der Waals surface area (Å²) in [5, 5.41) is 27.6. The number of amides is 2. The zero-order chi connectivity index (χ0) is 42.8. The highest BCUT2D eigenvalue weighted by Crippen LogP contribution is 2.62. The Labute approximate surface area is 357 Å². The van der Waals surface area contributed by atoms with Crippen LogP contribution in [0, 0.1) is 28.6 Å². The fraction of sp³-hybridized carbons (Fsp3) is 0.592. The summed E-state index contributed by atoms with van der Waals surface area (Å²) in [6.07, 6.45) is 8.09. The molecule has 0 aliphatic heterocycles. The number of hydrogen-bond donors (Lipinski definition) is 3. The number of rotatable bonds is 8. The number of alkyl halides is 3. The van der Waals surface area contributed by atoms with Gasteiger partial charge >= 0.3 is 12.2 Å². The number of carbonyl (C=O) groups is 2. The molecule has 11 heteroatoms. The van der Waals surface area contributed by atoms with Crippen molar-refractivity contribution in [3.05, 3.63) is 93.2 Å². The van der Waals surface area contributed by atoms with E-state index in [1.54, 1.807) is 0 Å². The zero-order valence-electron chi connectivity index (χ0n) is 35.3. The number of hydrogen-bond acceptors (Lipinski definition) is 5. The van der Waals surface area contributed by atoms with Crippen LogP contribution in [0.3, 0.4) is 0 Å². The first-order valence-electron chi connectivity index (χ1n) is 22.1. The lowest BCUT2D eigenvalue weighted by Crippen LogP contribution is -2.59. The monoisotopic (exact) mass is 848 g/mol. The quantitative estimate of drug-likeness (QED) is 0.155. The molecule has 1 heterocycles. The zero-order valence-corrected chi connectivity index (χ0v) is 36.1. The molecule has 2 aromatic carbocycles. The van der Waals surface area contributed by atoms with Crippen molar-refractivity contribution in [2.45, 2.75) is 141 Å². The fourth-order valence-corrected chi connectivity index (χ4v) is 12.8. The summed E-state index contributed by atoms with van der Waals surface area (Å²) in [6, 6.07) is 11.4. The molecular weight excluding hydrogens is 789 g/mol. The lowest BCUT2D eigenvalue weighted by molar-refractivity contribution is -0.137. The first kappa shape index (κ1) is 43.1. The van der Waals surface area contributed by atoms with E-state index in [0.29, 0.717) is 74.8 Å². The average Bonchev–Trinajstić information content (AvgIpc) is 3.75. The lowest BCUT2D eigenvalue weighted by Gasteiger charge is -2.58. The minimum Gasteiger partial charge on any atom is -0.453 e. The van der Waals surface area contributed by atoms with Crippen LogP contribution in [0.4, 0.5) is 18.0 Å². The molecule has 3 aromatic rings. The number of nitrogens with one attached hydrogen (secondary N) is 1. The largest absolute Gasteiger partial charge is 0.453 e. The van der Waals surface area contributed by atoms with Crippen LogP contribution in [-0.4, -0.2) is 57.8 Å². The number of allylic oxidation sites excluding steroid dienone is 2. The molecule has 0 saturated heterocycles. The van der Waals surface area contributed by atoms with Gasteiger partial charge in [0, 0.05) is 29.1 Å². The van der Waals surface area contributed by atoms with Gasteiger partial charge in [0.15, 0.2) is 5.76 Å². The smallest absolute Gasteiger partial charge is 0.416 e. The van der Waals surface area contributed by atoms with Crippen molar-refractivity contribution in [2.24, 2.45) is 28.6 Å². The number of furan rings is 1. The summed E-state index contributed by atoms with van der Waals surface area (Å²) in [7, 11) is 0. The maximum atomic E-state index is 14.7. The number of nitrogens with zero attached hydrogens (tertiary/aromatic N) is 1. The highest BCUT2D eigenvalue weighted by molar-refractivity contribution is 6.33. The van der Waals surface area contributed by atoms with Gasteiger partial charge in [-0.15, -0.1) is 0 Å². The van der Waals surface area contributed by atoms with Crippen molar-refractivity contribution < 1.29 is 37.4 Å². The van der Waals surface area contributed by atoms with Crippen molar-refractivity contribution in [3.63, 3.8) is 0 Å². The van der Waals surface area contributed by atoms with Crippen LogP contribution in [0.2, 0.25) is 5.02 Å². The predicted octanol–water partition coefficient (Wildman–Crippen LogP) is 11.5. The second-order valence-corrected chi connectivity index (χ2v) is 20.4. The van der Waals surface area contributed by atoms with E-state index >= 15 is 0 Å². The topological polar surface area (TPSA) is 103 Å². The summed E-state index contributed by atoms with van der Waals surface area (Å²) in [5.41, 5.74) is 0.170. The van der Waals surface area contributed by atoms with Gasteiger partial charge in [0.1, 0.15) is 5.76 Å². The Morgan fingerprint density at radius 2 is 1.67 bits per heavy atom. The third kappa shape index (κ3) is 8.46. The second-order valence-electron chi connectivity index (χ2n) is 20.0. The molecule has 324 valence electrons. The Kier molecular flexibility index (Phi) is 11.7. The van der Waals surface area contributed by atoms with Gasteiger partial charge in [0.25, 0.3) is 0 Å². The molecule has 7 aliphatic carbocycles. The Balaban J connectivity index is 1.17. The average molecular weight is 849 g/mol. The third-order valence-electron chi connectivity index (χ3n) is 15.1. The van der Waals surface area contributed by atoms with Crippen LogP contribution >= 0.6 is 11.6 Å². The predicted molar refractivity (Wildman–Crippen MR) is 227 cm³/mol. The van der Waals surface area contributed by atoms with E-state index < -0.39 is 34.6 Å². The summed E-state index contributed by atoms with van der Waals surface area (Å²) in [6.45, 7) is 8.93. The molecule has 60 heavy (non-hydrogen) atoms. The van der Waals surface area contributed by atoms with Gasteiger partial charge in [-0.3, -0.25) is 4.79 Å². The van der Waals surface area contributed by atoms with Crippen LogP contribution < -0.4 is 5.32 Å². The maximum absolute atomic E-state index is 14.7. The van der Waals surface area contributed by atoms with Crippen molar-refractivity contribution in [2.75, 3.05) is 13.1 Å². The van der Waals surface area contributed by atoms with E-state index in [1.807, 2.05) is 36.9 Å². The molecule has 0 unspecified atom stereocenters. The molecule has 3 N–H and O–H groups in total. The van der Waals surface area contributed by atoms with Gasteiger partial charge < -0.3 is 24.8 Å². The summed E-state index contributed by atoms with van der Waals surface area (Å²) in [4.78, 5) is 30.9. The fourth-order valence-electron chi connectivity index (χ4n) is 12.6. The van der Waals surface area contributed by atoms with Crippen molar-refractivity contribution >= 4 is 23.4 Å². The van der Waals surface area contributed by atoms with E-state index in [1.165, 1.54) is 43.0 Å². The number of urea groups is 1. The van der Waals surface area contributed by atoms with E-state index in [0.717, 1.165) is 42.5 Å². The normalized spacial score (nSPS) is 31.5. The molecule has 1 aromatic heterocycles. The third-order valence-corrected chi connectivity index (χ3v) is 15.5. The van der Waals surface area contributed by atoms with Gasteiger partial charge in [0.2, 0.25) is 5.78 Å². The lowest BCUT2D eigenvalue weighted by atomic mass is 9.49. The summed E-state index contributed by atoms with van der Waals surface area (Å²) in [5.74, 6) is 1.37. The van der Waals surface area contributed by atoms with Crippen LogP contribution in [0.15, 0.2) is 64.6 Å². The number of halogens is 4. The number of aliphatic hydroxyl groups excluding tert-OH is 1. The number of ketones is 1. The number of carbonyl (C=O) groups excluding carboxylic acids is 2. The second kappa shape index (κ2) is 16.3. The van der Waals surface area contributed by atoms with Crippen LogP contribution in [0.5, 0.6) is 0 Å². The molecule has 5 fully saturated rings. The molecule has 7 nitrogen and oxygen atoms in total. The Bertz CT molecular complexity index is 2110. The molecule has 0 radical (unpaired) electrons. The van der Waals surface area contributed by atoms with Gasteiger partial charge in [0.05, 0.1) is 28.8 Å². The Morgan fingerprint density at radius 1 is 0.967 bits per heavy atom. The molecule has 5 saturated carbocycles. The van der Waals surface area contributed by atoms with E-state index in [4.69, 9.17) is 16.0 Å². The van der Waals surface area contributed by atoms with E-state index in [2.05, 4.69) is 25.2 Å². The Hall–Kier alpha value is -3.60. The van der Waals surface area contributed by atoms with Gasteiger partial charge in [-0.2, -0.15) is 13.2 Å². The molecule has 6 bridgehead atoms. The highest BCUT2D eigenvalue weighted by Gasteiger charge is 2.59. The SMILES string of the molecule is CC1=CCC[C@@]2(C)[C@@H](CC[C@@]2(O)CN(CC23CC4CC(CC(C4)C2)C3)C(=O)NC(C)C)c2ccc(cc2C(=O)c2ccc(-c3cc(C(F)(F)F)ccc3Cl)o2)C[C@@H](O)CC1. The molecule has 4 atom stereocenters. The minimum atomic E-state index is -4.60. The molecular formula is C49H60ClF3N2O5. The van der Waals surface area contributed by atoms with Gasteiger partial charge in [-0.05, 0) is 181 Å². The summed E-state index contributed by atoms with van der Waals surface area (Å²) < 4.78 is 47.1. The van der Waals surface area contributed by atoms with E-state index in [-0.39, 0.29) is 52.1 Å². The van der Waals surface area contributed by atoms with Crippen molar-refractivity contribution in [1.29, 1.82) is 0 Å². The molecule has 10 rings (SSSR count). The maximum Gasteiger partial charge on any atom is 0.416 e. The minimum absolute atomic E-state index is 0.0217. The molecule has 7 aliphatic rings. The first-order valence-corrected chi connectivity index (χ1v) is 22.5. The highest BCUT2D eigenvalue weighted by atomic mass is 35.5.